The van der Waals surface area contributed by atoms with Crippen LogP contribution in [-0.2, 0) is 6.42 Å². The van der Waals surface area contributed by atoms with Crippen molar-refractivity contribution in [2.75, 3.05) is 0 Å². The number of rotatable bonds is 5. The fraction of sp³-hybridized carbons (Fsp3) is 0.500. The number of hydrogen-bond donors (Lipinski definition) is 1. The Morgan fingerprint density at radius 1 is 1.24 bits per heavy atom. The van der Waals surface area contributed by atoms with Gasteiger partial charge < -0.3 is 9.84 Å². The van der Waals surface area contributed by atoms with Crippen LogP contribution in [-0.4, -0.2) is 17.6 Å². The summed E-state index contributed by atoms with van der Waals surface area (Å²) in [6.07, 6.45) is -3.09. The lowest BCUT2D eigenvalue weighted by atomic mass is 10.1. The van der Waals surface area contributed by atoms with E-state index in [1.165, 1.54) is 12.1 Å². The Labute approximate surface area is 98.0 Å². The smallest absolute Gasteiger partial charge is 0.406 e. The number of halogens is 3. The summed E-state index contributed by atoms with van der Waals surface area (Å²) in [6.45, 7) is 1.88. The van der Waals surface area contributed by atoms with E-state index >= 15 is 0 Å². The first kappa shape index (κ1) is 13.8. The van der Waals surface area contributed by atoms with E-state index in [0.717, 1.165) is 5.56 Å². The van der Waals surface area contributed by atoms with Gasteiger partial charge in [-0.15, -0.1) is 13.2 Å². The number of aliphatic hydroxyl groups is 1. The Morgan fingerprint density at radius 3 is 2.29 bits per heavy atom. The highest BCUT2D eigenvalue weighted by molar-refractivity contribution is 5.27. The SMILES string of the molecule is CCC(O)CCc1ccc(OC(F)(F)F)cc1. The van der Waals surface area contributed by atoms with Gasteiger partial charge in [0.15, 0.2) is 0 Å². The summed E-state index contributed by atoms with van der Waals surface area (Å²) in [5.74, 6) is -0.225. The molecule has 1 aromatic rings. The lowest BCUT2D eigenvalue weighted by Crippen LogP contribution is -2.17. The molecule has 0 aliphatic rings. The minimum Gasteiger partial charge on any atom is -0.406 e. The topological polar surface area (TPSA) is 29.5 Å². The van der Waals surface area contributed by atoms with Gasteiger partial charge in [0.05, 0.1) is 6.10 Å². The molecule has 0 aromatic heterocycles. The Morgan fingerprint density at radius 2 is 1.82 bits per heavy atom. The van der Waals surface area contributed by atoms with Crippen LogP contribution in [0, 0.1) is 0 Å². The molecule has 1 N–H and O–H groups in total. The van der Waals surface area contributed by atoms with Crippen molar-refractivity contribution in [2.45, 2.75) is 38.7 Å². The van der Waals surface area contributed by atoms with Crippen molar-refractivity contribution < 1.29 is 23.0 Å². The highest BCUT2D eigenvalue weighted by Gasteiger charge is 2.30. The molecular formula is C12H15F3O2. The van der Waals surface area contributed by atoms with Crippen molar-refractivity contribution in [2.24, 2.45) is 0 Å². The van der Waals surface area contributed by atoms with Crippen LogP contribution in [0.3, 0.4) is 0 Å². The number of alkyl halides is 3. The monoisotopic (exact) mass is 248 g/mol. The van der Waals surface area contributed by atoms with Gasteiger partial charge >= 0.3 is 6.36 Å². The molecule has 1 unspecified atom stereocenters. The van der Waals surface area contributed by atoms with E-state index in [2.05, 4.69) is 4.74 Å². The quantitative estimate of drug-likeness (QED) is 0.866. The van der Waals surface area contributed by atoms with Crippen LogP contribution in [0.2, 0.25) is 0 Å². The molecule has 0 spiro atoms. The van der Waals surface area contributed by atoms with Crippen LogP contribution in [0.5, 0.6) is 5.75 Å². The normalized spacial score (nSPS) is 13.5. The summed E-state index contributed by atoms with van der Waals surface area (Å²) in [7, 11) is 0. The molecule has 96 valence electrons. The molecule has 1 atom stereocenters. The first-order chi connectivity index (χ1) is 7.90. The maximum Gasteiger partial charge on any atom is 0.573 e. The lowest BCUT2D eigenvalue weighted by Gasteiger charge is -2.10. The van der Waals surface area contributed by atoms with Crippen molar-refractivity contribution in [3.63, 3.8) is 0 Å². The molecule has 2 nitrogen and oxygen atoms in total. The van der Waals surface area contributed by atoms with E-state index in [-0.39, 0.29) is 11.9 Å². The lowest BCUT2D eigenvalue weighted by molar-refractivity contribution is -0.274. The van der Waals surface area contributed by atoms with Crippen molar-refractivity contribution >= 4 is 0 Å². The van der Waals surface area contributed by atoms with E-state index in [4.69, 9.17) is 0 Å². The average Bonchev–Trinajstić information content (AvgIpc) is 2.25. The minimum absolute atomic E-state index is 0.225. The van der Waals surface area contributed by atoms with E-state index in [1.54, 1.807) is 12.1 Å². The first-order valence-electron chi connectivity index (χ1n) is 5.43. The standard InChI is InChI=1S/C12H15F3O2/c1-2-10(16)6-3-9-4-7-11(8-5-9)17-12(13,14)15/h4-5,7-8,10,16H,2-3,6H2,1H3. The molecule has 0 radical (unpaired) electrons. The summed E-state index contributed by atoms with van der Waals surface area (Å²) < 4.78 is 39.4. The van der Waals surface area contributed by atoms with Crippen LogP contribution in [0.1, 0.15) is 25.3 Å². The molecular weight excluding hydrogens is 233 g/mol. The number of aliphatic hydroxyl groups excluding tert-OH is 1. The van der Waals surface area contributed by atoms with Gasteiger partial charge in [-0.2, -0.15) is 0 Å². The molecule has 0 aliphatic heterocycles. The maximum absolute atomic E-state index is 11.9. The molecule has 5 heteroatoms. The number of aryl methyl sites for hydroxylation is 1. The second-order valence-electron chi connectivity index (χ2n) is 3.79. The fourth-order valence-electron chi connectivity index (χ4n) is 1.40. The van der Waals surface area contributed by atoms with Gasteiger partial charge in [0.2, 0.25) is 0 Å². The zero-order valence-corrected chi connectivity index (χ0v) is 9.50. The summed E-state index contributed by atoms with van der Waals surface area (Å²) in [5.41, 5.74) is 0.882. The Balaban J connectivity index is 2.50. The number of hydrogen-bond acceptors (Lipinski definition) is 2. The van der Waals surface area contributed by atoms with Gasteiger partial charge in [-0.05, 0) is 37.0 Å². The molecule has 0 fully saturated rings. The predicted octanol–water partition coefficient (Wildman–Crippen LogP) is 3.29. The molecule has 17 heavy (non-hydrogen) atoms. The molecule has 0 bridgehead atoms. The van der Waals surface area contributed by atoms with Crippen LogP contribution in [0.25, 0.3) is 0 Å². The largest absolute Gasteiger partial charge is 0.573 e. The zero-order chi connectivity index (χ0) is 12.9. The summed E-state index contributed by atoms with van der Waals surface area (Å²) in [6, 6.07) is 5.70. The van der Waals surface area contributed by atoms with Crippen molar-refractivity contribution in [3.05, 3.63) is 29.8 Å². The maximum atomic E-state index is 11.9. The van der Waals surface area contributed by atoms with Gasteiger partial charge in [-0.1, -0.05) is 19.1 Å². The van der Waals surface area contributed by atoms with Gasteiger partial charge in [-0.25, -0.2) is 0 Å². The zero-order valence-electron chi connectivity index (χ0n) is 9.50. The van der Waals surface area contributed by atoms with Crippen molar-refractivity contribution in [3.8, 4) is 5.75 Å². The minimum atomic E-state index is -4.65. The van der Waals surface area contributed by atoms with Crippen LogP contribution in [0.15, 0.2) is 24.3 Å². The fourth-order valence-corrected chi connectivity index (χ4v) is 1.40. The van der Waals surface area contributed by atoms with E-state index in [9.17, 15) is 18.3 Å². The third-order valence-electron chi connectivity index (χ3n) is 2.39. The van der Waals surface area contributed by atoms with E-state index in [0.29, 0.717) is 19.3 Å². The van der Waals surface area contributed by atoms with Crippen LogP contribution >= 0.6 is 0 Å². The highest BCUT2D eigenvalue weighted by Crippen LogP contribution is 2.23. The van der Waals surface area contributed by atoms with Gasteiger partial charge in [0.25, 0.3) is 0 Å². The molecule has 0 saturated heterocycles. The van der Waals surface area contributed by atoms with Crippen molar-refractivity contribution in [1.29, 1.82) is 0 Å². The summed E-state index contributed by atoms with van der Waals surface area (Å²) in [5, 5.41) is 9.35. The van der Waals surface area contributed by atoms with Crippen LogP contribution in [0.4, 0.5) is 13.2 Å². The molecule has 1 aromatic carbocycles. The molecule has 0 saturated carbocycles. The molecule has 1 rings (SSSR count). The summed E-state index contributed by atoms with van der Waals surface area (Å²) in [4.78, 5) is 0. The summed E-state index contributed by atoms with van der Waals surface area (Å²) >= 11 is 0. The highest BCUT2D eigenvalue weighted by atomic mass is 19.4. The predicted molar refractivity (Wildman–Crippen MR) is 57.7 cm³/mol. The van der Waals surface area contributed by atoms with Gasteiger partial charge in [0, 0.05) is 0 Å². The molecule has 0 aliphatic carbocycles. The Kier molecular flexibility index (Phi) is 4.81. The third kappa shape index (κ3) is 5.58. The average molecular weight is 248 g/mol. The van der Waals surface area contributed by atoms with E-state index in [1.807, 2.05) is 6.92 Å². The Bertz CT molecular complexity index is 333. The third-order valence-corrected chi connectivity index (χ3v) is 2.39. The van der Waals surface area contributed by atoms with Gasteiger partial charge in [0.1, 0.15) is 5.75 Å². The van der Waals surface area contributed by atoms with Crippen molar-refractivity contribution in [1.82, 2.24) is 0 Å². The second kappa shape index (κ2) is 5.91. The number of benzene rings is 1. The van der Waals surface area contributed by atoms with Gasteiger partial charge in [-0.3, -0.25) is 0 Å². The molecule has 0 amide bonds. The Hall–Kier alpha value is -1.23. The second-order valence-corrected chi connectivity index (χ2v) is 3.79. The molecule has 0 heterocycles. The van der Waals surface area contributed by atoms with Crippen LogP contribution < -0.4 is 4.74 Å². The first-order valence-corrected chi connectivity index (χ1v) is 5.43. The van der Waals surface area contributed by atoms with E-state index < -0.39 is 6.36 Å². The number of ether oxygens (including phenoxy) is 1.